The number of alkyl halides is 2. The summed E-state index contributed by atoms with van der Waals surface area (Å²) in [5, 5.41) is 3.95. The maximum absolute atomic E-state index is 14.9. The Bertz CT molecular complexity index is 906. The van der Waals surface area contributed by atoms with Crippen molar-refractivity contribution in [1.82, 2.24) is 5.43 Å². The van der Waals surface area contributed by atoms with Gasteiger partial charge in [-0.3, -0.25) is 0 Å². The molecule has 122 valence electrons. The van der Waals surface area contributed by atoms with E-state index in [2.05, 4.69) is 10.5 Å². The maximum Gasteiger partial charge on any atom is 0.428 e. The van der Waals surface area contributed by atoms with Gasteiger partial charge in [0.15, 0.2) is 0 Å². The molecule has 24 heavy (non-hydrogen) atoms. The number of hydrogen-bond donors (Lipinski definition) is 1. The van der Waals surface area contributed by atoms with Crippen LogP contribution in [0.15, 0.2) is 41.5 Å². The zero-order valence-electron chi connectivity index (χ0n) is 13.1. The molecule has 6 heteroatoms. The largest absolute Gasteiger partial charge is 0.439 e. The summed E-state index contributed by atoms with van der Waals surface area (Å²) in [6.45, 7) is 3.45. The summed E-state index contributed by atoms with van der Waals surface area (Å²) in [4.78, 5) is 11.2. The normalized spacial score (nSPS) is 20.6. The number of hydrazone groups is 1. The van der Waals surface area contributed by atoms with Crippen molar-refractivity contribution in [3.8, 4) is 11.1 Å². The van der Waals surface area contributed by atoms with E-state index in [-0.39, 0.29) is 11.1 Å². The summed E-state index contributed by atoms with van der Waals surface area (Å²) in [7, 11) is 0. The molecule has 0 saturated carbocycles. The van der Waals surface area contributed by atoms with Crippen molar-refractivity contribution >= 4 is 11.8 Å². The highest BCUT2D eigenvalue weighted by Crippen LogP contribution is 2.51. The second kappa shape index (κ2) is 4.87. The van der Waals surface area contributed by atoms with Crippen molar-refractivity contribution in [3.63, 3.8) is 0 Å². The highest BCUT2D eigenvalue weighted by atomic mass is 19.3. The number of halogens is 2. The monoisotopic (exact) mass is 328 g/mol. The number of carbonyl (C=O) groups is 1. The van der Waals surface area contributed by atoms with E-state index in [9.17, 15) is 13.6 Å². The van der Waals surface area contributed by atoms with E-state index in [0.717, 1.165) is 5.56 Å². The van der Waals surface area contributed by atoms with Crippen LogP contribution in [0.1, 0.15) is 29.2 Å². The van der Waals surface area contributed by atoms with Gasteiger partial charge in [0.1, 0.15) is 11.8 Å². The second-order valence-corrected chi connectivity index (χ2v) is 6.04. The fourth-order valence-electron chi connectivity index (χ4n) is 3.23. The molecule has 0 saturated heterocycles. The van der Waals surface area contributed by atoms with Crippen LogP contribution in [0.3, 0.4) is 0 Å². The zero-order chi connectivity index (χ0) is 17.1. The number of nitrogens with zero attached hydrogens (tertiary/aromatic N) is 1. The number of fused-ring (bicyclic) bond motifs is 3. The van der Waals surface area contributed by atoms with Crippen LogP contribution in [0, 0.1) is 6.92 Å². The molecule has 0 bridgehead atoms. The molecular weight excluding hydrogens is 314 g/mol. The van der Waals surface area contributed by atoms with Crippen molar-refractivity contribution in [3.05, 3.63) is 58.7 Å². The van der Waals surface area contributed by atoms with E-state index in [1.165, 1.54) is 12.1 Å². The first-order valence-corrected chi connectivity index (χ1v) is 7.56. The predicted octanol–water partition coefficient (Wildman–Crippen LogP) is 3.95. The van der Waals surface area contributed by atoms with Crippen molar-refractivity contribution in [2.75, 3.05) is 0 Å². The lowest BCUT2D eigenvalue weighted by Gasteiger charge is -2.21. The second-order valence-electron chi connectivity index (χ2n) is 6.04. The third kappa shape index (κ3) is 2.02. The van der Waals surface area contributed by atoms with E-state index in [0.29, 0.717) is 22.4 Å². The molecule has 0 spiro atoms. The zero-order valence-corrected chi connectivity index (χ0v) is 13.1. The molecule has 2 aliphatic rings. The first-order chi connectivity index (χ1) is 11.4. The molecule has 1 aliphatic carbocycles. The van der Waals surface area contributed by atoms with Gasteiger partial charge in [-0.15, -0.1) is 0 Å². The minimum atomic E-state index is -3.06. The Balaban J connectivity index is 1.85. The summed E-state index contributed by atoms with van der Waals surface area (Å²) in [5.74, 6) is -3.06. The molecule has 0 unspecified atom stereocenters. The van der Waals surface area contributed by atoms with Gasteiger partial charge in [-0.25, -0.2) is 10.2 Å². The van der Waals surface area contributed by atoms with Gasteiger partial charge in [0, 0.05) is 16.7 Å². The number of rotatable bonds is 1. The molecule has 2 aromatic carbocycles. The molecule has 1 atom stereocenters. The summed E-state index contributed by atoms with van der Waals surface area (Å²) in [5.41, 5.74) is 4.98. The fourth-order valence-corrected chi connectivity index (χ4v) is 3.23. The van der Waals surface area contributed by atoms with Gasteiger partial charge in [-0.2, -0.15) is 13.9 Å². The number of hydrogen-bond acceptors (Lipinski definition) is 3. The number of nitrogens with one attached hydrogen (secondary N) is 1. The summed E-state index contributed by atoms with van der Waals surface area (Å²) in [6.07, 6.45) is -1.25. The molecule has 2 aromatic rings. The van der Waals surface area contributed by atoms with E-state index >= 15 is 0 Å². The van der Waals surface area contributed by atoms with Gasteiger partial charge in [0.2, 0.25) is 0 Å². The number of amides is 1. The molecule has 4 nitrogen and oxygen atoms in total. The number of ether oxygens (including phenoxy) is 1. The first kappa shape index (κ1) is 14.8. The third-order valence-corrected chi connectivity index (χ3v) is 4.39. The van der Waals surface area contributed by atoms with E-state index in [1.54, 1.807) is 32.0 Å². The molecule has 1 N–H and O–H groups in total. The Labute approximate surface area is 137 Å². The molecule has 0 aromatic heterocycles. The van der Waals surface area contributed by atoms with E-state index < -0.39 is 18.1 Å². The van der Waals surface area contributed by atoms with Crippen LogP contribution in [-0.2, 0) is 10.7 Å². The highest BCUT2D eigenvalue weighted by Gasteiger charge is 2.44. The Morgan fingerprint density at radius 3 is 2.50 bits per heavy atom. The fraction of sp³-hybridized carbons (Fsp3) is 0.222. The topological polar surface area (TPSA) is 50.7 Å². The van der Waals surface area contributed by atoms with Crippen molar-refractivity contribution in [2.24, 2.45) is 5.10 Å². The third-order valence-electron chi connectivity index (χ3n) is 4.39. The van der Waals surface area contributed by atoms with Gasteiger partial charge in [0.05, 0.1) is 0 Å². The van der Waals surface area contributed by atoms with Crippen LogP contribution in [0.5, 0.6) is 0 Å². The van der Waals surface area contributed by atoms with Gasteiger partial charge >= 0.3 is 6.09 Å². The Morgan fingerprint density at radius 1 is 1.12 bits per heavy atom. The standard InChI is InChI=1S/C18H14F2N2O2/c1-9-3-5-12-13-6-4-11(16-10(2)24-17(23)22-21-16)8-15(13)18(19,20)14(12)7-9/h3-8,10H,1-2H3,(H,22,23)/t10-/m0/s1. The first-order valence-electron chi connectivity index (χ1n) is 7.56. The molecule has 0 radical (unpaired) electrons. The number of carbonyl (C=O) groups excluding carboxylic acids is 1. The summed E-state index contributed by atoms with van der Waals surface area (Å²) < 4.78 is 34.8. The van der Waals surface area contributed by atoms with Crippen LogP contribution in [0.2, 0.25) is 0 Å². The van der Waals surface area contributed by atoms with Gasteiger partial charge in [0.25, 0.3) is 5.92 Å². The minimum Gasteiger partial charge on any atom is -0.439 e. The Morgan fingerprint density at radius 2 is 1.79 bits per heavy atom. The highest BCUT2D eigenvalue weighted by molar-refractivity contribution is 6.06. The van der Waals surface area contributed by atoms with Gasteiger partial charge in [-0.05, 0) is 37.1 Å². The molecular formula is C18H14F2N2O2. The van der Waals surface area contributed by atoms with Crippen LogP contribution in [-0.4, -0.2) is 17.9 Å². The Hall–Kier alpha value is -2.76. The lowest BCUT2D eigenvalue weighted by atomic mass is 9.98. The predicted molar refractivity (Wildman–Crippen MR) is 85.2 cm³/mol. The lowest BCUT2D eigenvalue weighted by molar-refractivity contribution is 0.0479. The van der Waals surface area contributed by atoms with E-state index in [4.69, 9.17) is 4.74 Å². The smallest absolute Gasteiger partial charge is 0.428 e. The average molecular weight is 328 g/mol. The number of aryl methyl sites for hydroxylation is 1. The van der Waals surface area contributed by atoms with Crippen molar-refractivity contribution < 1.29 is 18.3 Å². The van der Waals surface area contributed by atoms with Crippen LogP contribution < -0.4 is 5.43 Å². The molecule has 0 fully saturated rings. The van der Waals surface area contributed by atoms with Crippen molar-refractivity contribution in [2.45, 2.75) is 25.9 Å². The van der Waals surface area contributed by atoms with Crippen LogP contribution in [0.4, 0.5) is 13.6 Å². The van der Waals surface area contributed by atoms with Crippen LogP contribution >= 0.6 is 0 Å². The summed E-state index contributed by atoms with van der Waals surface area (Å²) >= 11 is 0. The van der Waals surface area contributed by atoms with Crippen molar-refractivity contribution in [1.29, 1.82) is 0 Å². The van der Waals surface area contributed by atoms with Gasteiger partial charge < -0.3 is 4.74 Å². The van der Waals surface area contributed by atoms with E-state index in [1.807, 2.05) is 6.07 Å². The van der Waals surface area contributed by atoms with Crippen LogP contribution in [0.25, 0.3) is 11.1 Å². The lowest BCUT2D eigenvalue weighted by Crippen LogP contribution is -2.37. The van der Waals surface area contributed by atoms with Gasteiger partial charge in [-0.1, -0.05) is 29.8 Å². The number of benzene rings is 2. The SMILES string of the molecule is Cc1ccc2c(c1)C(F)(F)c1cc(C3=NNC(=O)O[C@H]3C)ccc1-2. The molecule has 1 amide bonds. The average Bonchev–Trinajstić information content (AvgIpc) is 2.75. The number of cyclic esters (lactones) is 1. The maximum atomic E-state index is 14.9. The Kier molecular flexibility index (Phi) is 3.00. The molecule has 1 aliphatic heterocycles. The molecule has 1 heterocycles. The minimum absolute atomic E-state index is 0.0258. The quantitative estimate of drug-likeness (QED) is 0.862. The molecule has 4 rings (SSSR count). The summed E-state index contributed by atoms with van der Waals surface area (Å²) in [6, 6.07) is 9.91.